The van der Waals surface area contributed by atoms with Gasteiger partial charge in [0.15, 0.2) is 15.8 Å². The Kier molecular flexibility index (Phi) is 8.54. The van der Waals surface area contributed by atoms with Crippen molar-refractivity contribution in [2.24, 2.45) is 16.6 Å². The van der Waals surface area contributed by atoms with Crippen molar-refractivity contribution in [3.05, 3.63) is 23.9 Å². The van der Waals surface area contributed by atoms with Crippen molar-refractivity contribution in [2.75, 3.05) is 43.9 Å². The molecule has 2 saturated heterocycles. The van der Waals surface area contributed by atoms with Crippen LogP contribution >= 0.6 is 24.0 Å². The summed E-state index contributed by atoms with van der Waals surface area (Å²) in [7, 11) is -1.40. The summed E-state index contributed by atoms with van der Waals surface area (Å²) in [5.41, 5.74) is 6.47. The predicted octanol–water partition coefficient (Wildman–Crippen LogP) is 0.986. The van der Waals surface area contributed by atoms with E-state index >= 15 is 0 Å². The lowest BCUT2D eigenvalue weighted by Crippen LogP contribution is -2.57. The van der Waals surface area contributed by atoms with Gasteiger partial charge in [0.1, 0.15) is 5.82 Å². The van der Waals surface area contributed by atoms with Gasteiger partial charge in [0.25, 0.3) is 0 Å². The molecule has 11 heteroatoms. The highest BCUT2D eigenvalue weighted by Gasteiger charge is 2.41. The van der Waals surface area contributed by atoms with E-state index in [9.17, 15) is 13.2 Å². The first-order valence-electron chi connectivity index (χ1n) is 10.3. The van der Waals surface area contributed by atoms with Gasteiger partial charge in [-0.2, -0.15) is 0 Å². The number of pyridine rings is 1. The molecule has 1 amide bonds. The summed E-state index contributed by atoms with van der Waals surface area (Å²) in [5, 5.41) is 3.37. The summed E-state index contributed by atoms with van der Waals surface area (Å²) in [6, 6.07) is 3.92. The van der Waals surface area contributed by atoms with Crippen molar-refractivity contribution in [3.63, 3.8) is 0 Å². The molecule has 3 heterocycles. The molecule has 2 aliphatic heterocycles. The van der Waals surface area contributed by atoms with Crippen LogP contribution in [0.5, 0.6) is 0 Å². The van der Waals surface area contributed by atoms with E-state index in [2.05, 4.69) is 20.2 Å². The molecule has 2 aliphatic rings. The minimum atomic E-state index is -3.11. The van der Waals surface area contributed by atoms with Gasteiger partial charge in [0, 0.05) is 57.4 Å². The zero-order valence-corrected chi connectivity index (χ0v) is 21.5. The van der Waals surface area contributed by atoms with Crippen molar-refractivity contribution < 1.29 is 13.2 Å². The van der Waals surface area contributed by atoms with Crippen LogP contribution in [0, 0.1) is 5.92 Å². The van der Waals surface area contributed by atoms with Gasteiger partial charge >= 0.3 is 0 Å². The van der Waals surface area contributed by atoms with Gasteiger partial charge in [-0.3, -0.25) is 9.79 Å². The Morgan fingerprint density at radius 3 is 2.58 bits per heavy atom. The maximum absolute atomic E-state index is 12.3. The van der Waals surface area contributed by atoms with Crippen LogP contribution in [-0.2, 0) is 21.2 Å². The molecule has 0 bridgehead atoms. The molecule has 3 rings (SSSR count). The molecule has 1 aromatic rings. The minimum Gasteiger partial charge on any atom is -0.369 e. The zero-order valence-electron chi connectivity index (χ0n) is 18.4. The summed E-state index contributed by atoms with van der Waals surface area (Å²) in [6.07, 6.45) is 3.24. The molecule has 0 atom stereocenters. The number of aliphatic imine (C=N–C) groups is 1. The lowest BCUT2D eigenvalue weighted by atomic mass is 9.96. The van der Waals surface area contributed by atoms with Crippen LogP contribution in [0.2, 0.25) is 0 Å². The molecule has 1 aromatic heterocycles. The van der Waals surface area contributed by atoms with E-state index in [0.29, 0.717) is 25.6 Å². The van der Waals surface area contributed by atoms with E-state index < -0.39 is 14.6 Å². The van der Waals surface area contributed by atoms with E-state index in [1.165, 1.54) is 0 Å². The third-order valence-electron chi connectivity index (χ3n) is 6.06. The van der Waals surface area contributed by atoms with Crippen molar-refractivity contribution >= 4 is 51.5 Å². The lowest BCUT2D eigenvalue weighted by Gasteiger charge is -2.39. The summed E-state index contributed by atoms with van der Waals surface area (Å²) in [6.45, 7) is 6.35. The quantitative estimate of drug-likeness (QED) is 0.318. The second kappa shape index (κ2) is 10.3. The number of carbonyl (C=O) groups is 1. The van der Waals surface area contributed by atoms with Crippen LogP contribution in [0.25, 0.3) is 0 Å². The number of nitrogens with zero attached hydrogens (tertiary/aromatic N) is 4. The van der Waals surface area contributed by atoms with E-state index in [1.807, 2.05) is 17.0 Å². The molecule has 3 N–H and O–H groups in total. The Hall–Kier alpha value is -1.63. The molecule has 9 nitrogen and oxygen atoms in total. The van der Waals surface area contributed by atoms with Crippen LogP contribution in [0.3, 0.4) is 0 Å². The third kappa shape index (κ3) is 5.79. The average Bonchev–Trinajstić information content (AvgIpc) is 2.71. The molecule has 0 aliphatic carbocycles. The molecule has 2 fully saturated rings. The number of guanidine groups is 1. The van der Waals surface area contributed by atoms with Crippen molar-refractivity contribution in [3.8, 4) is 0 Å². The van der Waals surface area contributed by atoms with E-state index in [-0.39, 0.29) is 41.6 Å². The van der Waals surface area contributed by atoms with Crippen LogP contribution in [0.15, 0.2) is 23.3 Å². The monoisotopic (exact) mass is 564 g/mol. The summed E-state index contributed by atoms with van der Waals surface area (Å²) < 4.78 is 23.8. The smallest absolute Gasteiger partial charge is 0.220 e. The molecule has 174 valence electrons. The SMILES string of the molecule is CN=C(NCc1cccnc1N1CCC(C(N)=O)CC1)N1CCS(=O)(=O)C(C)(C)C1.I. The predicted molar refractivity (Wildman–Crippen MR) is 133 cm³/mol. The number of halogens is 1. The maximum Gasteiger partial charge on any atom is 0.220 e. The van der Waals surface area contributed by atoms with Gasteiger partial charge in [-0.05, 0) is 32.8 Å². The van der Waals surface area contributed by atoms with Gasteiger partial charge in [-0.1, -0.05) is 6.07 Å². The number of primary amides is 1. The molecule has 0 spiro atoms. The molecule has 0 unspecified atom stereocenters. The number of sulfone groups is 1. The molecule has 0 radical (unpaired) electrons. The fourth-order valence-electron chi connectivity index (χ4n) is 4.06. The van der Waals surface area contributed by atoms with E-state index in [1.54, 1.807) is 27.1 Å². The first-order chi connectivity index (χ1) is 14.1. The fraction of sp³-hybridized carbons (Fsp3) is 0.650. The topological polar surface area (TPSA) is 121 Å². The minimum absolute atomic E-state index is 0. The number of rotatable bonds is 4. The van der Waals surface area contributed by atoms with Gasteiger partial charge < -0.3 is 20.9 Å². The molecule has 0 saturated carbocycles. The normalized spacial score (nSPS) is 21.3. The third-order valence-corrected chi connectivity index (χ3v) is 8.59. The average molecular weight is 564 g/mol. The fourth-order valence-corrected chi connectivity index (χ4v) is 5.43. The Labute approximate surface area is 201 Å². The standard InChI is InChI=1S/C20H32N6O3S.HI/c1-20(2)14-26(11-12-30(20,28)29)19(22-3)24-13-16-5-4-8-23-18(16)25-9-6-15(7-10-25)17(21)27;/h4-5,8,15H,6-7,9-14H2,1-3H3,(H2,21,27)(H,22,24);1H. The first-order valence-corrected chi connectivity index (χ1v) is 12.0. The van der Waals surface area contributed by atoms with E-state index in [0.717, 1.165) is 37.3 Å². The lowest BCUT2D eigenvalue weighted by molar-refractivity contribution is -0.122. The Balaban J connectivity index is 0.00000341. The summed E-state index contributed by atoms with van der Waals surface area (Å²) >= 11 is 0. The summed E-state index contributed by atoms with van der Waals surface area (Å²) in [4.78, 5) is 24.6. The molecular formula is C20H33IN6O3S. The molecule has 31 heavy (non-hydrogen) atoms. The Bertz CT molecular complexity index is 913. The van der Waals surface area contributed by atoms with Crippen LogP contribution in [0.4, 0.5) is 5.82 Å². The van der Waals surface area contributed by atoms with E-state index in [4.69, 9.17) is 5.73 Å². The number of anilines is 1. The number of nitrogens with one attached hydrogen (secondary N) is 1. The number of nitrogens with two attached hydrogens (primary N) is 1. The Morgan fingerprint density at radius 2 is 2.00 bits per heavy atom. The molecular weight excluding hydrogens is 531 g/mol. The number of aromatic nitrogens is 1. The number of hydrogen-bond acceptors (Lipinski definition) is 6. The van der Waals surface area contributed by atoms with Crippen LogP contribution in [-0.4, -0.2) is 73.9 Å². The number of carbonyl (C=O) groups excluding carboxylic acids is 1. The highest BCUT2D eigenvalue weighted by molar-refractivity contribution is 14.0. The van der Waals surface area contributed by atoms with Gasteiger partial charge in [-0.15, -0.1) is 24.0 Å². The molecule has 0 aromatic carbocycles. The summed E-state index contributed by atoms with van der Waals surface area (Å²) in [5.74, 6) is 1.40. The van der Waals surface area contributed by atoms with Gasteiger partial charge in [0.2, 0.25) is 5.91 Å². The first kappa shape index (κ1) is 25.6. The van der Waals surface area contributed by atoms with Crippen molar-refractivity contribution in [2.45, 2.75) is 38.0 Å². The maximum atomic E-state index is 12.3. The number of hydrogen-bond donors (Lipinski definition) is 2. The number of piperidine rings is 1. The second-order valence-corrected chi connectivity index (χ2v) is 11.3. The van der Waals surface area contributed by atoms with Gasteiger partial charge in [-0.25, -0.2) is 13.4 Å². The second-order valence-electron chi connectivity index (χ2n) is 8.55. The van der Waals surface area contributed by atoms with Crippen molar-refractivity contribution in [1.29, 1.82) is 0 Å². The zero-order chi connectivity index (χ0) is 21.9. The van der Waals surface area contributed by atoms with Crippen LogP contribution < -0.4 is 16.0 Å². The highest BCUT2D eigenvalue weighted by atomic mass is 127. The van der Waals surface area contributed by atoms with Gasteiger partial charge in [0.05, 0.1) is 10.5 Å². The highest BCUT2D eigenvalue weighted by Crippen LogP contribution is 2.26. The number of amides is 1. The largest absolute Gasteiger partial charge is 0.369 e. The Morgan fingerprint density at radius 1 is 1.32 bits per heavy atom. The van der Waals surface area contributed by atoms with Crippen molar-refractivity contribution in [1.82, 2.24) is 15.2 Å². The van der Waals surface area contributed by atoms with Crippen LogP contribution in [0.1, 0.15) is 32.3 Å².